The first-order chi connectivity index (χ1) is 14.1. The summed E-state index contributed by atoms with van der Waals surface area (Å²) in [5.41, 5.74) is 0. The lowest BCUT2D eigenvalue weighted by Gasteiger charge is -2.25. The zero-order valence-electron chi connectivity index (χ0n) is 18.9. The van der Waals surface area contributed by atoms with Crippen LogP contribution in [-0.4, -0.2) is 40.8 Å². The second-order valence-electron chi connectivity index (χ2n) is 9.01. The molecule has 3 N–H and O–H groups in total. The minimum absolute atomic E-state index is 0.0254. The van der Waals surface area contributed by atoms with Crippen molar-refractivity contribution in [2.24, 2.45) is 23.7 Å². The fourth-order valence-corrected chi connectivity index (χ4v) is 3.91. The highest BCUT2D eigenvalue weighted by Crippen LogP contribution is 2.34. The van der Waals surface area contributed by atoms with Crippen molar-refractivity contribution in [2.45, 2.75) is 85.2 Å². The zero-order chi connectivity index (χ0) is 22.8. The van der Waals surface area contributed by atoms with Crippen molar-refractivity contribution in [1.29, 1.82) is 0 Å². The molecule has 1 aliphatic rings. The van der Waals surface area contributed by atoms with Crippen molar-refractivity contribution in [1.82, 2.24) is 10.6 Å². The molecular weight excluding hydrogens is 384 g/mol. The molecule has 7 nitrogen and oxygen atoms in total. The van der Waals surface area contributed by atoms with Gasteiger partial charge in [-0.15, -0.1) is 0 Å². The van der Waals surface area contributed by atoms with E-state index in [1.54, 1.807) is 13.8 Å². The Hall–Kier alpha value is -2.18. The molecule has 1 fully saturated rings. The summed E-state index contributed by atoms with van der Waals surface area (Å²) in [6.07, 6.45) is 7.27. The highest BCUT2D eigenvalue weighted by Gasteiger charge is 2.36. The fourth-order valence-electron chi connectivity index (χ4n) is 3.91. The second-order valence-corrected chi connectivity index (χ2v) is 9.01. The van der Waals surface area contributed by atoms with Crippen molar-refractivity contribution < 1.29 is 24.3 Å². The predicted octanol–water partition coefficient (Wildman–Crippen LogP) is 3.08. The number of carboxylic acid groups (broad SMARTS) is 1. The van der Waals surface area contributed by atoms with Crippen molar-refractivity contribution in [3.63, 3.8) is 0 Å². The van der Waals surface area contributed by atoms with Crippen LogP contribution >= 0.6 is 0 Å². The van der Waals surface area contributed by atoms with E-state index in [9.17, 15) is 24.3 Å². The summed E-state index contributed by atoms with van der Waals surface area (Å²) < 4.78 is 0. The summed E-state index contributed by atoms with van der Waals surface area (Å²) in [5.74, 6) is -1.91. The minimum atomic E-state index is -1.08. The molecule has 0 spiro atoms. The van der Waals surface area contributed by atoms with Gasteiger partial charge in [0.15, 0.2) is 0 Å². The first-order valence-electron chi connectivity index (χ1n) is 11.1. The summed E-state index contributed by atoms with van der Waals surface area (Å²) in [6.45, 7) is 9.42. The van der Waals surface area contributed by atoms with Crippen LogP contribution in [0.15, 0.2) is 12.2 Å². The number of nitrogens with one attached hydrogen (secondary N) is 2. The number of carbonyl (C=O) groups is 4. The summed E-state index contributed by atoms with van der Waals surface area (Å²) in [7, 11) is 0. The number of rotatable bonds is 12. The van der Waals surface area contributed by atoms with Crippen LogP contribution in [-0.2, 0) is 19.2 Å². The van der Waals surface area contributed by atoms with Crippen LogP contribution in [0.25, 0.3) is 0 Å². The first kappa shape index (κ1) is 25.9. The van der Waals surface area contributed by atoms with Crippen molar-refractivity contribution in [2.75, 3.05) is 0 Å². The number of carboxylic acids is 1. The lowest BCUT2D eigenvalue weighted by atomic mass is 9.89. The molecule has 0 saturated heterocycles. The van der Waals surface area contributed by atoms with E-state index < -0.39 is 24.0 Å². The Bertz CT molecular complexity index is 642. The number of hydrogen-bond donors (Lipinski definition) is 3. The van der Waals surface area contributed by atoms with E-state index in [1.165, 1.54) is 0 Å². The Morgan fingerprint density at radius 1 is 1.13 bits per heavy atom. The highest BCUT2D eigenvalue weighted by atomic mass is 16.4. The Morgan fingerprint density at radius 2 is 1.80 bits per heavy atom. The fraction of sp³-hybridized carbons (Fsp3) is 0.739. The largest absolute Gasteiger partial charge is 0.480 e. The molecule has 0 aromatic heterocycles. The molecule has 2 amide bonds. The second kappa shape index (κ2) is 12.5. The molecule has 0 heterocycles. The van der Waals surface area contributed by atoms with E-state index in [-0.39, 0.29) is 41.8 Å². The van der Waals surface area contributed by atoms with Gasteiger partial charge in [-0.05, 0) is 43.4 Å². The zero-order valence-corrected chi connectivity index (χ0v) is 18.9. The van der Waals surface area contributed by atoms with Gasteiger partial charge in [-0.1, -0.05) is 46.8 Å². The molecule has 0 bridgehead atoms. The third kappa shape index (κ3) is 8.28. The normalized spacial score (nSPS) is 21.2. The lowest BCUT2D eigenvalue weighted by Crippen LogP contribution is -2.54. The van der Waals surface area contributed by atoms with Crippen LogP contribution in [0.1, 0.15) is 73.1 Å². The number of aliphatic carboxylic acids is 1. The molecule has 30 heavy (non-hydrogen) atoms. The van der Waals surface area contributed by atoms with Crippen LogP contribution in [0.4, 0.5) is 0 Å². The maximum Gasteiger partial charge on any atom is 0.326 e. The third-order valence-electron chi connectivity index (χ3n) is 5.57. The number of hydrogen-bond acceptors (Lipinski definition) is 4. The number of ketones is 1. The van der Waals surface area contributed by atoms with Crippen molar-refractivity contribution in [3.8, 4) is 0 Å². The Labute approximate surface area is 180 Å². The van der Waals surface area contributed by atoms with Gasteiger partial charge in [0.05, 0.1) is 0 Å². The van der Waals surface area contributed by atoms with Gasteiger partial charge < -0.3 is 15.7 Å². The van der Waals surface area contributed by atoms with E-state index in [0.717, 1.165) is 6.42 Å². The SMILES string of the molecule is CC/C=C/C[C@H]1C(=O)CC[C@@H]1CC(=O)N[C@H](C(=O)N[C@@H](CC(C)C)C(=O)O)C(C)C. The minimum Gasteiger partial charge on any atom is -0.480 e. The molecule has 1 saturated carbocycles. The molecule has 4 atom stereocenters. The van der Waals surface area contributed by atoms with Gasteiger partial charge >= 0.3 is 5.97 Å². The summed E-state index contributed by atoms with van der Waals surface area (Å²) >= 11 is 0. The maximum atomic E-state index is 12.7. The number of carbonyl (C=O) groups excluding carboxylic acids is 3. The van der Waals surface area contributed by atoms with E-state index in [1.807, 2.05) is 32.9 Å². The molecule has 1 rings (SSSR count). The number of amides is 2. The first-order valence-corrected chi connectivity index (χ1v) is 11.1. The van der Waals surface area contributed by atoms with Crippen molar-refractivity contribution in [3.05, 3.63) is 12.2 Å². The maximum absolute atomic E-state index is 12.7. The van der Waals surface area contributed by atoms with Crippen LogP contribution < -0.4 is 10.6 Å². The molecular formula is C23H38N2O5. The Kier molecular flexibility index (Phi) is 10.8. The van der Waals surface area contributed by atoms with Crippen LogP contribution in [0.5, 0.6) is 0 Å². The average Bonchev–Trinajstić information content (AvgIpc) is 2.98. The average molecular weight is 423 g/mol. The van der Waals surface area contributed by atoms with Gasteiger partial charge in [0.1, 0.15) is 17.9 Å². The van der Waals surface area contributed by atoms with E-state index >= 15 is 0 Å². The topological polar surface area (TPSA) is 113 Å². The van der Waals surface area contributed by atoms with Gasteiger partial charge in [0, 0.05) is 18.8 Å². The smallest absolute Gasteiger partial charge is 0.326 e. The van der Waals surface area contributed by atoms with Gasteiger partial charge in [-0.3, -0.25) is 14.4 Å². The Morgan fingerprint density at radius 3 is 2.33 bits per heavy atom. The standard InChI is InChI=1S/C23H38N2O5/c1-6-7-8-9-17-16(10-11-19(17)26)13-20(27)25-21(15(4)5)22(28)24-18(23(29)30)12-14(2)3/h7-8,14-18,21H,6,9-13H2,1-5H3,(H,24,28)(H,25,27)(H,29,30)/b8-7+/t16-,17-,18+,21+/m1/s1. The summed E-state index contributed by atoms with van der Waals surface area (Å²) in [4.78, 5) is 49.0. The lowest BCUT2D eigenvalue weighted by molar-refractivity contribution is -0.143. The molecule has 1 aliphatic carbocycles. The van der Waals surface area contributed by atoms with Gasteiger partial charge in [-0.25, -0.2) is 4.79 Å². The van der Waals surface area contributed by atoms with Gasteiger partial charge in [0.25, 0.3) is 0 Å². The molecule has 170 valence electrons. The van der Waals surface area contributed by atoms with Crippen LogP contribution in [0.3, 0.4) is 0 Å². The van der Waals surface area contributed by atoms with Gasteiger partial charge in [-0.2, -0.15) is 0 Å². The number of Topliss-reactive ketones (excluding diaryl/α,β-unsaturated/α-hetero) is 1. The molecule has 0 radical (unpaired) electrons. The van der Waals surface area contributed by atoms with Crippen LogP contribution in [0.2, 0.25) is 0 Å². The van der Waals surface area contributed by atoms with E-state index in [2.05, 4.69) is 10.6 Å². The molecule has 0 aliphatic heterocycles. The Balaban J connectivity index is 2.74. The van der Waals surface area contributed by atoms with Crippen LogP contribution in [0, 0.1) is 23.7 Å². The van der Waals surface area contributed by atoms with Crippen molar-refractivity contribution >= 4 is 23.6 Å². The molecule has 7 heteroatoms. The van der Waals surface area contributed by atoms with E-state index in [4.69, 9.17) is 0 Å². The number of allylic oxidation sites excluding steroid dienone is 2. The summed E-state index contributed by atoms with van der Waals surface area (Å²) in [6, 6.07) is -1.81. The van der Waals surface area contributed by atoms with E-state index in [0.29, 0.717) is 25.7 Å². The molecule has 0 unspecified atom stereocenters. The molecule has 0 aromatic carbocycles. The highest BCUT2D eigenvalue weighted by molar-refractivity contribution is 5.91. The monoisotopic (exact) mass is 422 g/mol. The predicted molar refractivity (Wildman–Crippen MR) is 116 cm³/mol. The van der Waals surface area contributed by atoms with Gasteiger partial charge in [0.2, 0.25) is 11.8 Å². The molecule has 0 aromatic rings. The summed E-state index contributed by atoms with van der Waals surface area (Å²) in [5, 5.41) is 14.7. The quantitative estimate of drug-likeness (QED) is 0.418. The third-order valence-corrected chi connectivity index (χ3v) is 5.57.